The molecule has 0 aliphatic heterocycles. The molecule has 0 N–H and O–H groups in total. The van der Waals surface area contributed by atoms with E-state index in [2.05, 4.69) is 4.98 Å². The van der Waals surface area contributed by atoms with E-state index in [0.717, 1.165) is 19.0 Å². The average Bonchev–Trinajstić information content (AvgIpc) is 2.31. The van der Waals surface area contributed by atoms with E-state index in [0.29, 0.717) is 0 Å². The molecule has 1 heterocycles. The van der Waals surface area contributed by atoms with Crippen molar-refractivity contribution in [2.45, 2.75) is 32.7 Å². The summed E-state index contributed by atoms with van der Waals surface area (Å²) in [6, 6.07) is 1.18. The van der Waals surface area contributed by atoms with Crippen molar-refractivity contribution in [1.29, 1.82) is 0 Å². The van der Waals surface area contributed by atoms with Crippen LogP contribution in [0.2, 0.25) is 0 Å². The summed E-state index contributed by atoms with van der Waals surface area (Å²) >= 11 is 0. The second kappa shape index (κ2) is 5.70. The van der Waals surface area contributed by atoms with E-state index in [1.54, 1.807) is 7.05 Å². The van der Waals surface area contributed by atoms with E-state index < -0.39 is 17.7 Å². The van der Waals surface area contributed by atoms with Gasteiger partial charge in [0.15, 0.2) is 5.82 Å². The van der Waals surface area contributed by atoms with Gasteiger partial charge < -0.3 is 4.90 Å². The van der Waals surface area contributed by atoms with Crippen molar-refractivity contribution >= 4 is 5.91 Å². The Bertz CT molecular complexity index is 409. The topological polar surface area (TPSA) is 33.2 Å². The van der Waals surface area contributed by atoms with Crippen LogP contribution in [-0.4, -0.2) is 28.9 Å². The van der Waals surface area contributed by atoms with Gasteiger partial charge in [-0.3, -0.25) is 4.79 Å². The molecule has 0 saturated carbocycles. The highest BCUT2D eigenvalue weighted by Gasteiger charge is 2.22. The van der Waals surface area contributed by atoms with E-state index >= 15 is 0 Å². The molecule has 94 valence electrons. The van der Waals surface area contributed by atoms with Crippen LogP contribution in [0.5, 0.6) is 0 Å². The van der Waals surface area contributed by atoms with Crippen LogP contribution in [0.4, 0.5) is 8.78 Å². The van der Waals surface area contributed by atoms with E-state index in [4.69, 9.17) is 0 Å². The molecule has 0 aromatic carbocycles. The highest BCUT2D eigenvalue weighted by Crippen LogP contribution is 2.14. The molecule has 0 aliphatic carbocycles. The minimum absolute atomic E-state index is 0.0110. The van der Waals surface area contributed by atoms with E-state index in [1.807, 2.05) is 13.8 Å². The van der Waals surface area contributed by atoms with Crippen LogP contribution in [0, 0.1) is 11.8 Å². The molecule has 1 unspecified atom stereocenters. The van der Waals surface area contributed by atoms with Crippen LogP contribution < -0.4 is 0 Å². The van der Waals surface area contributed by atoms with Crippen LogP contribution >= 0.6 is 0 Å². The lowest BCUT2D eigenvalue weighted by atomic mass is 10.1. The number of carbonyl (C=O) groups excluding carboxylic acids is 1. The molecule has 1 rings (SSSR count). The number of halogens is 2. The number of pyridine rings is 1. The molecule has 0 saturated heterocycles. The molecule has 5 heteroatoms. The van der Waals surface area contributed by atoms with Crippen LogP contribution in [0.1, 0.15) is 37.0 Å². The highest BCUT2D eigenvalue weighted by molar-refractivity contribution is 5.94. The van der Waals surface area contributed by atoms with Crippen molar-refractivity contribution in [3.8, 4) is 0 Å². The smallest absolute Gasteiger partial charge is 0.257 e. The van der Waals surface area contributed by atoms with E-state index in [9.17, 15) is 13.6 Å². The molecule has 0 aliphatic rings. The van der Waals surface area contributed by atoms with Gasteiger partial charge in [-0.25, -0.2) is 9.37 Å². The van der Waals surface area contributed by atoms with Crippen molar-refractivity contribution in [2.24, 2.45) is 0 Å². The van der Waals surface area contributed by atoms with E-state index in [-0.39, 0.29) is 11.6 Å². The maximum absolute atomic E-state index is 13.4. The Balaban J connectivity index is 2.93. The molecule has 17 heavy (non-hydrogen) atoms. The monoisotopic (exact) mass is 242 g/mol. The normalized spacial score (nSPS) is 12.3. The van der Waals surface area contributed by atoms with Crippen molar-refractivity contribution < 1.29 is 13.6 Å². The predicted molar refractivity (Wildman–Crippen MR) is 60.6 cm³/mol. The Morgan fingerprint density at radius 2 is 2.18 bits per heavy atom. The maximum Gasteiger partial charge on any atom is 0.257 e. The minimum atomic E-state index is -1.24. The first-order chi connectivity index (χ1) is 7.99. The van der Waals surface area contributed by atoms with Gasteiger partial charge in [-0.15, -0.1) is 0 Å². The zero-order chi connectivity index (χ0) is 13.0. The van der Waals surface area contributed by atoms with Crippen molar-refractivity contribution in [3.05, 3.63) is 29.6 Å². The van der Waals surface area contributed by atoms with Gasteiger partial charge in [-0.1, -0.05) is 13.3 Å². The fraction of sp³-hybridized carbons (Fsp3) is 0.500. The molecule has 3 nitrogen and oxygen atoms in total. The third-order valence-corrected chi connectivity index (χ3v) is 2.77. The second-order valence-corrected chi connectivity index (χ2v) is 4.02. The fourth-order valence-corrected chi connectivity index (χ4v) is 1.58. The summed E-state index contributed by atoms with van der Waals surface area (Å²) in [5.74, 6) is -2.95. The summed E-state index contributed by atoms with van der Waals surface area (Å²) in [4.78, 5) is 16.5. The summed E-state index contributed by atoms with van der Waals surface area (Å²) in [5.41, 5.74) is -0.275. The lowest BCUT2D eigenvalue weighted by Gasteiger charge is -2.24. The third kappa shape index (κ3) is 2.99. The number of hydrogen-bond acceptors (Lipinski definition) is 2. The average molecular weight is 242 g/mol. The van der Waals surface area contributed by atoms with Crippen LogP contribution in [-0.2, 0) is 0 Å². The Kier molecular flexibility index (Phi) is 4.54. The molecular formula is C12H16F2N2O. The zero-order valence-corrected chi connectivity index (χ0v) is 10.2. The fourth-order valence-electron chi connectivity index (χ4n) is 1.58. The summed E-state index contributed by atoms with van der Waals surface area (Å²) in [7, 11) is 1.58. The number of nitrogens with zero attached hydrogens (tertiary/aromatic N) is 2. The number of aromatic nitrogens is 1. The molecular weight excluding hydrogens is 226 g/mol. The number of amides is 1. The Hall–Kier alpha value is -1.52. The number of carbonyl (C=O) groups is 1. The van der Waals surface area contributed by atoms with Gasteiger partial charge in [0.05, 0.1) is 5.56 Å². The highest BCUT2D eigenvalue weighted by atomic mass is 19.2. The molecule has 1 aromatic rings. The quantitative estimate of drug-likeness (QED) is 0.760. The van der Waals surface area contributed by atoms with Crippen LogP contribution in [0.15, 0.2) is 12.3 Å². The first-order valence-electron chi connectivity index (χ1n) is 5.56. The molecule has 0 fully saturated rings. The Morgan fingerprint density at radius 1 is 1.53 bits per heavy atom. The Labute approximate surface area is 99.5 Å². The van der Waals surface area contributed by atoms with Crippen molar-refractivity contribution in [1.82, 2.24) is 9.88 Å². The molecule has 1 aromatic heterocycles. The van der Waals surface area contributed by atoms with Gasteiger partial charge in [0.1, 0.15) is 0 Å². The van der Waals surface area contributed by atoms with Gasteiger partial charge in [-0.2, -0.15) is 4.39 Å². The predicted octanol–water partition coefficient (Wildman–Crippen LogP) is 2.62. The summed E-state index contributed by atoms with van der Waals surface area (Å²) in [6.07, 6.45) is 2.83. The molecule has 0 radical (unpaired) electrons. The Morgan fingerprint density at radius 3 is 2.76 bits per heavy atom. The SMILES string of the molecule is CCCC(C)N(C)C(=O)c1ccnc(F)c1F. The first-order valence-corrected chi connectivity index (χ1v) is 5.56. The van der Waals surface area contributed by atoms with Crippen LogP contribution in [0.3, 0.4) is 0 Å². The lowest BCUT2D eigenvalue weighted by Crippen LogP contribution is -2.35. The minimum Gasteiger partial charge on any atom is -0.339 e. The zero-order valence-electron chi connectivity index (χ0n) is 10.2. The molecule has 1 amide bonds. The molecule has 0 bridgehead atoms. The number of hydrogen-bond donors (Lipinski definition) is 0. The molecule has 1 atom stereocenters. The standard InChI is InChI=1S/C12H16F2N2O/c1-4-5-8(2)16(3)12(17)9-6-7-15-11(14)10(9)13/h6-8H,4-5H2,1-3H3. The van der Waals surface area contributed by atoms with Gasteiger partial charge in [0.2, 0.25) is 5.95 Å². The van der Waals surface area contributed by atoms with Gasteiger partial charge in [-0.05, 0) is 19.4 Å². The first kappa shape index (κ1) is 13.5. The van der Waals surface area contributed by atoms with Crippen molar-refractivity contribution in [3.63, 3.8) is 0 Å². The second-order valence-electron chi connectivity index (χ2n) is 4.02. The largest absolute Gasteiger partial charge is 0.339 e. The van der Waals surface area contributed by atoms with Crippen LogP contribution in [0.25, 0.3) is 0 Å². The molecule has 0 spiro atoms. The van der Waals surface area contributed by atoms with E-state index in [1.165, 1.54) is 11.0 Å². The summed E-state index contributed by atoms with van der Waals surface area (Å²) in [5, 5.41) is 0. The summed E-state index contributed by atoms with van der Waals surface area (Å²) in [6.45, 7) is 3.87. The number of rotatable bonds is 4. The third-order valence-electron chi connectivity index (χ3n) is 2.77. The summed E-state index contributed by atoms with van der Waals surface area (Å²) < 4.78 is 26.3. The lowest BCUT2D eigenvalue weighted by molar-refractivity contribution is 0.0730. The van der Waals surface area contributed by atoms with Gasteiger partial charge in [0, 0.05) is 19.3 Å². The maximum atomic E-state index is 13.4. The van der Waals surface area contributed by atoms with Crippen molar-refractivity contribution in [2.75, 3.05) is 7.05 Å². The van der Waals surface area contributed by atoms with Gasteiger partial charge >= 0.3 is 0 Å². The van der Waals surface area contributed by atoms with Gasteiger partial charge in [0.25, 0.3) is 5.91 Å².